The molecular formula is C19H42NO2PS. The molecule has 0 bridgehead atoms. The monoisotopic (exact) mass is 379 g/mol. The van der Waals surface area contributed by atoms with E-state index in [9.17, 15) is 4.79 Å². The Bertz CT molecular complexity index is 309. The number of unbranched alkanes of at least 4 members (excludes halogenated alkanes) is 4. The van der Waals surface area contributed by atoms with E-state index < -0.39 is 12.9 Å². The molecule has 0 aliphatic heterocycles. The van der Waals surface area contributed by atoms with Crippen LogP contribution >= 0.6 is 19.5 Å². The number of carbonyl (C=O) groups is 1. The number of nitrogens with two attached hydrogens (primary N) is 1. The first-order chi connectivity index (χ1) is 11.4. The average Bonchev–Trinajstić information content (AvgIpc) is 2.61. The Morgan fingerprint density at radius 3 is 1.46 bits per heavy atom. The van der Waals surface area contributed by atoms with E-state index in [0.717, 1.165) is 76.0 Å². The first-order valence-electron chi connectivity index (χ1n) is 10.0. The second-order valence-electron chi connectivity index (χ2n) is 7.37. The van der Waals surface area contributed by atoms with Crippen LogP contribution in [0.4, 0.5) is 0 Å². The molecule has 1 atom stereocenters. The van der Waals surface area contributed by atoms with E-state index in [2.05, 4.69) is 40.3 Å². The first-order valence-corrected chi connectivity index (χ1v) is 13.6. The molecule has 0 amide bonds. The second-order valence-corrected chi connectivity index (χ2v) is 13.4. The van der Waals surface area contributed by atoms with Crippen LogP contribution in [0.1, 0.15) is 79.1 Å². The van der Waals surface area contributed by atoms with Crippen LogP contribution in [-0.4, -0.2) is 42.4 Å². The summed E-state index contributed by atoms with van der Waals surface area (Å²) in [5.41, 5.74) is 5.97. The number of carbonyl (C=O) groups excluding carboxylic acids is 1. The minimum atomic E-state index is -2.53. The minimum absolute atomic E-state index is 0.206. The summed E-state index contributed by atoms with van der Waals surface area (Å²) in [5.74, 6) is 0.149. The van der Waals surface area contributed by atoms with Gasteiger partial charge >= 0.3 is 156 Å². The fraction of sp³-hybridized carbons (Fsp3) is 0.947. The van der Waals surface area contributed by atoms with Gasteiger partial charge in [0.1, 0.15) is 0 Å². The molecule has 0 radical (unpaired) electrons. The van der Waals surface area contributed by atoms with Crippen molar-refractivity contribution < 1.29 is 9.32 Å². The van der Waals surface area contributed by atoms with Crippen LogP contribution in [0.25, 0.3) is 0 Å². The zero-order valence-corrected chi connectivity index (χ0v) is 18.3. The van der Waals surface area contributed by atoms with Gasteiger partial charge in [0.25, 0.3) is 0 Å². The molecule has 0 saturated carbocycles. The van der Waals surface area contributed by atoms with E-state index in [-0.39, 0.29) is 5.97 Å². The molecule has 3 nitrogen and oxygen atoms in total. The standard InChI is InChI=1S/C19H42NO2PS/c1-5-9-13-23(14-10-6-2,15-11-7-3,16-12-8-4)22-19(21)18(20)17-24/h18,24H,5-17,20H2,1-4H3/t18-/m0/s1. The van der Waals surface area contributed by atoms with Crippen molar-refractivity contribution in [2.24, 2.45) is 5.73 Å². The summed E-state index contributed by atoms with van der Waals surface area (Å²) < 4.78 is 6.50. The third kappa shape index (κ3) is 7.62. The van der Waals surface area contributed by atoms with Crippen molar-refractivity contribution in [2.45, 2.75) is 85.1 Å². The number of hydrogen-bond acceptors (Lipinski definition) is 4. The first kappa shape index (κ1) is 24.2. The summed E-state index contributed by atoms with van der Waals surface area (Å²) in [4.78, 5) is 12.7. The zero-order chi connectivity index (χ0) is 18.5. The van der Waals surface area contributed by atoms with Crippen LogP contribution in [0.5, 0.6) is 0 Å². The third-order valence-electron chi connectivity index (χ3n) is 5.16. The third-order valence-corrected chi connectivity index (χ3v) is 12.0. The topological polar surface area (TPSA) is 52.3 Å². The molecule has 2 N–H and O–H groups in total. The molecule has 24 heavy (non-hydrogen) atoms. The number of rotatable bonds is 15. The van der Waals surface area contributed by atoms with E-state index in [1.807, 2.05) is 0 Å². The van der Waals surface area contributed by atoms with Crippen LogP contribution in [0.15, 0.2) is 0 Å². The van der Waals surface area contributed by atoms with Gasteiger partial charge in [-0.25, -0.2) is 0 Å². The molecule has 0 unspecified atom stereocenters. The molecule has 0 aliphatic carbocycles. The fourth-order valence-corrected chi connectivity index (χ4v) is 10.4. The van der Waals surface area contributed by atoms with Gasteiger partial charge in [-0.2, -0.15) is 0 Å². The van der Waals surface area contributed by atoms with Crippen LogP contribution in [0.2, 0.25) is 0 Å². The van der Waals surface area contributed by atoms with E-state index in [1.54, 1.807) is 0 Å². The normalized spacial score (nSPS) is 14.8. The molecule has 0 saturated heterocycles. The van der Waals surface area contributed by atoms with Crippen LogP contribution < -0.4 is 5.73 Å². The molecule has 0 aromatic heterocycles. The van der Waals surface area contributed by atoms with Gasteiger partial charge in [0.2, 0.25) is 0 Å². The van der Waals surface area contributed by atoms with Crippen molar-refractivity contribution in [1.82, 2.24) is 0 Å². The van der Waals surface area contributed by atoms with Gasteiger partial charge in [-0.3, -0.25) is 0 Å². The van der Waals surface area contributed by atoms with Crippen molar-refractivity contribution in [3.63, 3.8) is 0 Å². The van der Waals surface area contributed by atoms with Crippen molar-refractivity contribution >= 4 is 25.4 Å². The van der Waals surface area contributed by atoms with Gasteiger partial charge in [0, 0.05) is 0 Å². The molecular weight excluding hydrogens is 337 g/mol. The van der Waals surface area contributed by atoms with E-state index in [4.69, 9.17) is 10.3 Å². The average molecular weight is 380 g/mol. The summed E-state index contributed by atoms with van der Waals surface area (Å²) in [6.45, 7) is 6.38. The molecule has 0 heterocycles. The van der Waals surface area contributed by atoms with E-state index in [1.165, 1.54) is 0 Å². The zero-order valence-electron chi connectivity index (χ0n) is 16.6. The molecule has 0 aromatic rings. The van der Waals surface area contributed by atoms with Crippen LogP contribution in [0.3, 0.4) is 0 Å². The molecule has 146 valence electrons. The number of hydrogen-bond donors (Lipinski definition) is 2. The van der Waals surface area contributed by atoms with Crippen LogP contribution in [0, 0.1) is 0 Å². The molecule has 0 aliphatic rings. The Morgan fingerprint density at radius 2 is 1.21 bits per heavy atom. The van der Waals surface area contributed by atoms with Crippen molar-refractivity contribution in [3.05, 3.63) is 0 Å². The predicted molar refractivity (Wildman–Crippen MR) is 114 cm³/mol. The van der Waals surface area contributed by atoms with E-state index >= 15 is 0 Å². The Hall–Kier alpha value is 0.210. The van der Waals surface area contributed by atoms with Crippen molar-refractivity contribution in [1.29, 1.82) is 0 Å². The molecule has 0 spiro atoms. The summed E-state index contributed by atoms with van der Waals surface area (Å²) >= 11 is 4.20. The SMILES string of the molecule is CCCCP(CCCC)(CCCC)(CCCC)OC(=O)[C@@H](N)CS. The summed E-state index contributed by atoms with van der Waals surface area (Å²) in [6, 6.07) is -0.596. The second kappa shape index (κ2) is 12.5. The van der Waals surface area contributed by atoms with Gasteiger partial charge < -0.3 is 0 Å². The fourth-order valence-electron chi connectivity index (χ4n) is 3.48. The van der Waals surface area contributed by atoms with Gasteiger partial charge in [-0.15, -0.1) is 0 Å². The Labute approximate surface area is 156 Å². The maximum atomic E-state index is 12.7. The van der Waals surface area contributed by atoms with Gasteiger partial charge in [-0.1, -0.05) is 0 Å². The summed E-state index contributed by atoms with van der Waals surface area (Å²) in [7, 11) is 0. The summed E-state index contributed by atoms with van der Waals surface area (Å²) in [6.07, 6.45) is 13.6. The molecule has 5 heteroatoms. The van der Waals surface area contributed by atoms with Crippen molar-refractivity contribution in [3.8, 4) is 0 Å². The molecule has 0 fully saturated rings. The van der Waals surface area contributed by atoms with Gasteiger partial charge in [0.05, 0.1) is 0 Å². The Kier molecular flexibility index (Phi) is 12.7. The number of thiol groups is 1. The molecule has 0 rings (SSSR count). The quantitative estimate of drug-likeness (QED) is 0.294. The Balaban J connectivity index is 5.76. The predicted octanol–water partition coefficient (Wildman–Crippen LogP) is 5.46. The van der Waals surface area contributed by atoms with Gasteiger partial charge in [0.15, 0.2) is 0 Å². The summed E-state index contributed by atoms with van der Waals surface area (Å²) in [5, 5.41) is 0. The maximum absolute atomic E-state index is 12.7. The Morgan fingerprint density at radius 1 is 0.875 bits per heavy atom. The van der Waals surface area contributed by atoms with Gasteiger partial charge in [-0.05, 0) is 0 Å². The van der Waals surface area contributed by atoms with Crippen LogP contribution in [-0.2, 0) is 9.32 Å². The van der Waals surface area contributed by atoms with Crippen molar-refractivity contribution in [2.75, 3.05) is 30.4 Å². The van der Waals surface area contributed by atoms with E-state index in [0.29, 0.717) is 5.75 Å². The molecule has 0 aromatic carbocycles.